The van der Waals surface area contributed by atoms with Crippen LogP contribution in [0.4, 0.5) is 0 Å². The SMILES string of the molecule is N#Cc1cccnc1SCC(=O)N(Cc1ccco1)[C@H]1CCS(=O)(=O)C1. The van der Waals surface area contributed by atoms with Gasteiger partial charge in [0, 0.05) is 12.2 Å². The zero-order chi connectivity index (χ0) is 18.6. The lowest BCUT2D eigenvalue weighted by molar-refractivity contribution is -0.131. The van der Waals surface area contributed by atoms with Crippen LogP contribution in [0.1, 0.15) is 17.7 Å². The maximum Gasteiger partial charge on any atom is 0.233 e. The van der Waals surface area contributed by atoms with Crippen molar-refractivity contribution in [2.75, 3.05) is 17.3 Å². The summed E-state index contributed by atoms with van der Waals surface area (Å²) in [6, 6.07) is 8.47. The van der Waals surface area contributed by atoms with E-state index in [4.69, 9.17) is 9.68 Å². The van der Waals surface area contributed by atoms with E-state index < -0.39 is 9.84 Å². The number of carbonyl (C=O) groups excluding carboxylic acids is 1. The molecule has 7 nitrogen and oxygen atoms in total. The quantitative estimate of drug-likeness (QED) is 0.692. The van der Waals surface area contributed by atoms with E-state index in [1.165, 1.54) is 18.0 Å². The predicted molar refractivity (Wildman–Crippen MR) is 96.0 cm³/mol. The highest BCUT2D eigenvalue weighted by Crippen LogP contribution is 2.24. The summed E-state index contributed by atoms with van der Waals surface area (Å²) in [7, 11) is -3.12. The molecule has 1 saturated heterocycles. The molecule has 136 valence electrons. The fraction of sp³-hybridized carbons (Fsp3) is 0.353. The van der Waals surface area contributed by atoms with Crippen molar-refractivity contribution < 1.29 is 17.6 Å². The first-order valence-corrected chi connectivity index (χ1v) is 10.8. The Morgan fingerprint density at radius 3 is 2.92 bits per heavy atom. The molecule has 0 spiro atoms. The molecule has 26 heavy (non-hydrogen) atoms. The molecule has 0 radical (unpaired) electrons. The minimum Gasteiger partial charge on any atom is -0.467 e. The Bertz CT molecular complexity index is 920. The van der Waals surface area contributed by atoms with Gasteiger partial charge in [-0.3, -0.25) is 4.79 Å². The van der Waals surface area contributed by atoms with Gasteiger partial charge < -0.3 is 9.32 Å². The number of rotatable bonds is 6. The molecule has 0 saturated carbocycles. The van der Waals surface area contributed by atoms with Crippen LogP contribution >= 0.6 is 11.8 Å². The monoisotopic (exact) mass is 391 g/mol. The molecule has 1 atom stereocenters. The molecule has 0 N–H and O–H groups in total. The third kappa shape index (κ3) is 4.45. The van der Waals surface area contributed by atoms with Crippen molar-refractivity contribution in [2.45, 2.75) is 24.0 Å². The number of sulfone groups is 1. The van der Waals surface area contributed by atoms with Gasteiger partial charge in [0.2, 0.25) is 5.91 Å². The van der Waals surface area contributed by atoms with Crippen LogP contribution in [0.3, 0.4) is 0 Å². The summed E-state index contributed by atoms with van der Waals surface area (Å²) in [4.78, 5) is 18.5. The second kappa shape index (κ2) is 7.93. The number of hydrogen-bond acceptors (Lipinski definition) is 7. The van der Waals surface area contributed by atoms with E-state index in [1.54, 1.807) is 35.4 Å². The number of pyridine rings is 1. The Balaban J connectivity index is 1.73. The molecule has 1 amide bonds. The van der Waals surface area contributed by atoms with Gasteiger partial charge >= 0.3 is 0 Å². The van der Waals surface area contributed by atoms with Gasteiger partial charge in [0.25, 0.3) is 0 Å². The highest BCUT2D eigenvalue weighted by atomic mass is 32.2. The summed E-state index contributed by atoms with van der Waals surface area (Å²) in [6.07, 6.45) is 3.51. The van der Waals surface area contributed by atoms with Gasteiger partial charge in [0.15, 0.2) is 9.84 Å². The van der Waals surface area contributed by atoms with Crippen molar-refractivity contribution in [1.29, 1.82) is 5.26 Å². The predicted octanol–water partition coefficient (Wildman–Crippen LogP) is 1.85. The van der Waals surface area contributed by atoms with Crippen molar-refractivity contribution >= 4 is 27.5 Å². The molecule has 1 fully saturated rings. The average Bonchev–Trinajstić information content (AvgIpc) is 3.26. The van der Waals surface area contributed by atoms with Gasteiger partial charge in [-0.2, -0.15) is 5.26 Å². The van der Waals surface area contributed by atoms with Crippen LogP contribution < -0.4 is 0 Å². The zero-order valence-electron chi connectivity index (χ0n) is 13.9. The zero-order valence-corrected chi connectivity index (χ0v) is 15.5. The van der Waals surface area contributed by atoms with Crippen LogP contribution in [-0.2, 0) is 21.2 Å². The molecule has 2 aromatic heterocycles. The van der Waals surface area contributed by atoms with Gasteiger partial charge in [0.05, 0.1) is 35.6 Å². The summed E-state index contributed by atoms with van der Waals surface area (Å²) in [5, 5.41) is 9.60. The van der Waals surface area contributed by atoms with E-state index in [0.29, 0.717) is 22.8 Å². The molecule has 0 bridgehead atoms. The molecule has 0 aliphatic carbocycles. The summed E-state index contributed by atoms with van der Waals surface area (Å²) in [5.74, 6) is 0.525. The minimum atomic E-state index is -3.12. The van der Waals surface area contributed by atoms with Crippen molar-refractivity contribution in [1.82, 2.24) is 9.88 Å². The Kier molecular flexibility index (Phi) is 5.64. The Morgan fingerprint density at radius 2 is 2.27 bits per heavy atom. The fourth-order valence-corrected chi connectivity index (χ4v) is 5.38. The summed E-state index contributed by atoms with van der Waals surface area (Å²) in [6.45, 7) is 0.222. The van der Waals surface area contributed by atoms with E-state index in [-0.39, 0.29) is 35.8 Å². The van der Waals surface area contributed by atoms with E-state index in [0.717, 1.165) is 0 Å². The average molecular weight is 391 g/mol. The molecule has 0 aromatic carbocycles. The smallest absolute Gasteiger partial charge is 0.233 e. The number of aromatic nitrogens is 1. The van der Waals surface area contributed by atoms with Gasteiger partial charge in [-0.1, -0.05) is 11.8 Å². The topological polar surface area (TPSA) is 104 Å². The van der Waals surface area contributed by atoms with Gasteiger partial charge in [-0.25, -0.2) is 13.4 Å². The van der Waals surface area contributed by atoms with Crippen LogP contribution in [0, 0.1) is 11.3 Å². The number of hydrogen-bond donors (Lipinski definition) is 0. The van der Waals surface area contributed by atoms with Crippen molar-refractivity contribution in [3.63, 3.8) is 0 Å². The summed E-state index contributed by atoms with van der Waals surface area (Å²) < 4.78 is 29.0. The normalized spacial score (nSPS) is 18.3. The summed E-state index contributed by atoms with van der Waals surface area (Å²) in [5.41, 5.74) is 0.409. The van der Waals surface area contributed by atoms with E-state index >= 15 is 0 Å². The standard InChI is InChI=1S/C17H17N3O4S2/c18-9-13-3-1-6-19-17(13)25-11-16(21)20(10-15-4-2-7-24-15)14-5-8-26(22,23)12-14/h1-4,6-7,14H,5,8,10-12H2/t14-/m0/s1. The second-order valence-electron chi connectivity index (χ2n) is 5.91. The fourth-order valence-electron chi connectivity index (χ4n) is 2.82. The molecule has 9 heteroatoms. The Labute approximate surface area is 155 Å². The Hall–Kier alpha value is -2.31. The highest BCUT2D eigenvalue weighted by Gasteiger charge is 2.35. The highest BCUT2D eigenvalue weighted by molar-refractivity contribution is 8.00. The molecule has 3 rings (SSSR count). The first kappa shape index (κ1) is 18.5. The largest absolute Gasteiger partial charge is 0.467 e. The molecular formula is C17H17N3O4S2. The molecule has 2 aromatic rings. The lowest BCUT2D eigenvalue weighted by Crippen LogP contribution is -2.41. The minimum absolute atomic E-state index is 0.0306. The molecular weight excluding hydrogens is 374 g/mol. The first-order valence-electron chi connectivity index (χ1n) is 7.99. The number of carbonyl (C=O) groups is 1. The maximum absolute atomic E-state index is 12.8. The third-order valence-electron chi connectivity index (χ3n) is 4.10. The number of nitrogens with zero attached hydrogens (tertiary/aromatic N) is 3. The van der Waals surface area contributed by atoms with Crippen molar-refractivity contribution in [2.24, 2.45) is 0 Å². The summed E-state index contributed by atoms with van der Waals surface area (Å²) >= 11 is 1.17. The number of furan rings is 1. The third-order valence-corrected chi connectivity index (χ3v) is 6.84. The second-order valence-corrected chi connectivity index (χ2v) is 9.11. The molecule has 1 aliphatic rings. The number of nitriles is 1. The van der Waals surface area contributed by atoms with Gasteiger partial charge in [-0.05, 0) is 30.7 Å². The van der Waals surface area contributed by atoms with Gasteiger partial charge in [0.1, 0.15) is 16.9 Å². The van der Waals surface area contributed by atoms with E-state index in [1.807, 2.05) is 6.07 Å². The van der Waals surface area contributed by atoms with Crippen LogP contribution in [0.25, 0.3) is 0 Å². The van der Waals surface area contributed by atoms with E-state index in [9.17, 15) is 13.2 Å². The van der Waals surface area contributed by atoms with Crippen molar-refractivity contribution in [3.05, 3.63) is 48.0 Å². The van der Waals surface area contributed by atoms with Gasteiger partial charge in [-0.15, -0.1) is 0 Å². The maximum atomic E-state index is 12.8. The molecule has 0 unspecified atom stereocenters. The lowest BCUT2D eigenvalue weighted by atomic mass is 10.2. The van der Waals surface area contributed by atoms with E-state index in [2.05, 4.69) is 4.98 Å². The molecule has 1 aliphatic heterocycles. The lowest BCUT2D eigenvalue weighted by Gasteiger charge is -2.27. The first-order chi connectivity index (χ1) is 12.5. The number of amides is 1. The van der Waals surface area contributed by atoms with Crippen LogP contribution in [0.5, 0.6) is 0 Å². The van der Waals surface area contributed by atoms with Crippen molar-refractivity contribution in [3.8, 4) is 6.07 Å². The number of thioether (sulfide) groups is 1. The van der Waals surface area contributed by atoms with Crippen LogP contribution in [0.15, 0.2) is 46.2 Å². The van der Waals surface area contributed by atoms with Crippen LogP contribution in [-0.4, -0.2) is 47.5 Å². The molecule has 3 heterocycles. The Morgan fingerprint density at radius 1 is 1.42 bits per heavy atom. The van der Waals surface area contributed by atoms with Crippen LogP contribution in [0.2, 0.25) is 0 Å².